The van der Waals surface area contributed by atoms with Crippen molar-refractivity contribution in [3.63, 3.8) is 0 Å². The van der Waals surface area contributed by atoms with Gasteiger partial charge in [-0.2, -0.15) is 0 Å². The molecule has 0 unspecified atom stereocenters. The Hall–Kier alpha value is -4.72. The molecule has 220 valence electrons. The summed E-state index contributed by atoms with van der Waals surface area (Å²) in [7, 11) is 0. The lowest BCUT2D eigenvalue weighted by Crippen LogP contribution is -1.97. The molecular weight excluding hydrogens is 540 g/mol. The first kappa shape index (κ1) is 28.4. The van der Waals surface area contributed by atoms with Gasteiger partial charge in [-0.05, 0) is 123 Å². The van der Waals surface area contributed by atoms with Crippen LogP contribution in [-0.2, 0) is 9.59 Å². The largest absolute Gasteiger partial charge is 0.481 e. The van der Waals surface area contributed by atoms with Gasteiger partial charge in [0.1, 0.15) is 0 Å². The van der Waals surface area contributed by atoms with Crippen molar-refractivity contribution < 1.29 is 19.8 Å². The summed E-state index contributed by atoms with van der Waals surface area (Å²) in [5.41, 5.74) is 15.0. The van der Waals surface area contributed by atoms with Crippen molar-refractivity contribution in [2.45, 2.75) is 72.1 Å². The minimum absolute atomic E-state index is 0.0176. The summed E-state index contributed by atoms with van der Waals surface area (Å²) in [6, 6.07) is 8.15. The van der Waals surface area contributed by atoms with Crippen LogP contribution in [0.2, 0.25) is 0 Å². The predicted octanol–water partition coefficient (Wildman–Crippen LogP) is 8.04. The van der Waals surface area contributed by atoms with Crippen LogP contribution in [0.3, 0.4) is 0 Å². The maximum Gasteiger partial charge on any atom is 0.303 e. The third-order valence-electron chi connectivity index (χ3n) is 9.00. The van der Waals surface area contributed by atoms with E-state index < -0.39 is 11.9 Å². The van der Waals surface area contributed by atoms with Crippen molar-refractivity contribution >= 4 is 62.4 Å². The number of carbonyl (C=O) groups is 2. The average molecular weight is 577 g/mol. The fourth-order valence-corrected chi connectivity index (χ4v) is 6.40. The second kappa shape index (κ2) is 10.8. The number of hydrogen-bond donors (Lipinski definition) is 4. The number of aromatic amines is 2. The lowest BCUT2D eigenvalue weighted by atomic mass is 9.98. The summed E-state index contributed by atoms with van der Waals surface area (Å²) in [4.78, 5) is 40.4. The van der Waals surface area contributed by atoms with E-state index in [1.807, 2.05) is 32.1 Å². The molecule has 0 saturated heterocycles. The number of aromatic nitrogens is 4. The normalized spacial score (nSPS) is 14.9. The standard InChI is InChI=1S/C35H36N4O4/c1-6-22-17(2)27-15-32-35(21-7-8-21)20(5)28(39-32)13-25-18(3)23(9-11-33(40)41)30(37-25)16-31-24(10-12-34(42)43)19(4)26(38-31)14-29(22)36-27/h6,13-16,21,36,39H,1,7-12H2,2-5H3,(H,40,41)(H,42,43). The lowest BCUT2D eigenvalue weighted by molar-refractivity contribution is -0.137. The lowest BCUT2D eigenvalue weighted by Gasteiger charge is -2.05. The van der Waals surface area contributed by atoms with Crippen LogP contribution in [0.1, 0.15) is 103 Å². The number of nitrogens with one attached hydrogen (secondary N) is 2. The molecule has 6 rings (SSSR count). The highest BCUT2D eigenvalue weighted by Crippen LogP contribution is 2.45. The molecule has 1 fully saturated rings. The van der Waals surface area contributed by atoms with Crippen LogP contribution in [0.15, 0.2) is 30.8 Å². The Morgan fingerprint density at radius 1 is 0.767 bits per heavy atom. The Bertz CT molecular complexity index is 1950. The molecule has 3 aliphatic rings. The third kappa shape index (κ3) is 5.22. The van der Waals surface area contributed by atoms with Crippen LogP contribution in [-0.4, -0.2) is 42.1 Å². The van der Waals surface area contributed by atoms with Gasteiger partial charge in [0.15, 0.2) is 0 Å². The molecule has 1 aliphatic carbocycles. The first-order chi connectivity index (χ1) is 20.5. The molecule has 0 aromatic carbocycles. The molecule has 8 heteroatoms. The zero-order valence-electron chi connectivity index (χ0n) is 25.0. The van der Waals surface area contributed by atoms with E-state index in [4.69, 9.17) is 9.97 Å². The van der Waals surface area contributed by atoms with Crippen LogP contribution in [0.25, 0.3) is 50.4 Å². The van der Waals surface area contributed by atoms with Crippen LogP contribution >= 0.6 is 0 Å². The minimum atomic E-state index is -0.878. The summed E-state index contributed by atoms with van der Waals surface area (Å²) < 4.78 is 0. The van der Waals surface area contributed by atoms with E-state index in [-0.39, 0.29) is 12.8 Å². The van der Waals surface area contributed by atoms with Crippen LogP contribution in [0, 0.1) is 13.8 Å². The molecule has 2 aliphatic heterocycles. The molecule has 3 aromatic rings. The Morgan fingerprint density at radius 3 is 1.79 bits per heavy atom. The Balaban J connectivity index is 1.72. The van der Waals surface area contributed by atoms with Crippen molar-refractivity contribution in [2.24, 2.45) is 0 Å². The maximum atomic E-state index is 11.6. The number of fused-ring (bicyclic) bond motifs is 8. The summed E-state index contributed by atoms with van der Waals surface area (Å²) in [6.45, 7) is 12.3. The monoisotopic (exact) mass is 576 g/mol. The van der Waals surface area contributed by atoms with Crippen molar-refractivity contribution in [2.75, 3.05) is 0 Å². The number of hydrogen-bond acceptors (Lipinski definition) is 4. The van der Waals surface area contributed by atoms with Crippen LogP contribution < -0.4 is 0 Å². The molecule has 43 heavy (non-hydrogen) atoms. The number of aryl methyl sites for hydroxylation is 2. The maximum absolute atomic E-state index is 11.6. The Kier molecular flexibility index (Phi) is 7.16. The van der Waals surface area contributed by atoms with E-state index in [0.29, 0.717) is 30.1 Å². The number of aliphatic carboxylic acids is 2. The van der Waals surface area contributed by atoms with E-state index in [9.17, 15) is 19.8 Å². The Morgan fingerprint density at radius 2 is 1.28 bits per heavy atom. The van der Waals surface area contributed by atoms with E-state index >= 15 is 0 Å². The highest BCUT2D eigenvalue weighted by Gasteiger charge is 2.29. The quantitative estimate of drug-likeness (QED) is 0.215. The van der Waals surface area contributed by atoms with Crippen molar-refractivity contribution in [3.8, 4) is 0 Å². The van der Waals surface area contributed by atoms with Gasteiger partial charge in [0.05, 0.1) is 22.8 Å². The predicted molar refractivity (Wildman–Crippen MR) is 171 cm³/mol. The Labute approximate surface area is 249 Å². The van der Waals surface area contributed by atoms with E-state index in [0.717, 1.165) is 66.9 Å². The molecule has 8 bridgehead atoms. The highest BCUT2D eigenvalue weighted by molar-refractivity contribution is 5.97. The van der Waals surface area contributed by atoms with Gasteiger partial charge >= 0.3 is 11.9 Å². The summed E-state index contributed by atoms with van der Waals surface area (Å²) in [5.74, 6) is -1.23. The van der Waals surface area contributed by atoms with Gasteiger partial charge in [0.2, 0.25) is 0 Å². The van der Waals surface area contributed by atoms with Crippen molar-refractivity contribution in [3.05, 3.63) is 75.9 Å². The van der Waals surface area contributed by atoms with E-state index in [2.05, 4.69) is 42.5 Å². The summed E-state index contributed by atoms with van der Waals surface area (Å²) in [5, 5.41) is 19.0. The summed E-state index contributed by atoms with van der Waals surface area (Å²) >= 11 is 0. The molecule has 1 saturated carbocycles. The second-order valence-electron chi connectivity index (χ2n) is 11.8. The number of rotatable bonds is 8. The van der Waals surface area contributed by atoms with E-state index in [1.54, 1.807) is 0 Å². The highest BCUT2D eigenvalue weighted by atomic mass is 16.4. The smallest absolute Gasteiger partial charge is 0.303 e. The van der Waals surface area contributed by atoms with Gasteiger partial charge in [-0.15, -0.1) is 0 Å². The van der Waals surface area contributed by atoms with Gasteiger partial charge < -0.3 is 20.2 Å². The zero-order chi connectivity index (χ0) is 30.6. The molecule has 5 heterocycles. The number of allylic oxidation sites excluding steroid dienone is 4. The van der Waals surface area contributed by atoms with Crippen LogP contribution in [0.5, 0.6) is 0 Å². The van der Waals surface area contributed by atoms with E-state index in [1.165, 1.54) is 24.0 Å². The first-order valence-corrected chi connectivity index (χ1v) is 14.8. The molecule has 3 aromatic heterocycles. The second-order valence-corrected chi connectivity index (χ2v) is 11.8. The number of H-pyrrole nitrogens is 2. The van der Waals surface area contributed by atoms with Gasteiger partial charge in [-0.25, -0.2) is 9.97 Å². The molecule has 0 amide bonds. The molecule has 0 radical (unpaired) electrons. The molecule has 4 N–H and O–H groups in total. The molecule has 0 atom stereocenters. The number of carboxylic acids is 2. The first-order valence-electron chi connectivity index (χ1n) is 14.8. The fourth-order valence-electron chi connectivity index (χ4n) is 6.40. The molecule has 8 nitrogen and oxygen atoms in total. The zero-order valence-corrected chi connectivity index (χ0v) is 25.0. The van der Waals surface area contributed by atoms with Gasteiger partial charge in [-0.3, -0.25) is 9.59 Å². The SMILES string of the molecule is C=Cc1c(C)c2cc3[nH]c(cc4nc(cc5nc(cc1[nH]2)C(C)=C5CCC(=O)O)C(CCC(=O)O)=C4C)c(C)c3C1CC1. The fraction of sp³-hybridized carbons (Fsp3) is 0.314. The summed E-state index contributed by atoms with van der Waals surface area (Å²) in [6.07, 6.45) is 4.80. The van der Waals surface area contributed by atoms with Gasteiger partial charge in [0.25, 0.3) is 0 Å². The van der Waals surface area contributed by atoms with Gasteiger partial charge in [-0.1, -0.05) is 12.7 Å². The number of nitrogens with zero attached hydrogens (tertiary/aromatic N) is 2. The topological polar surface area (TPSA) is 132 Å². The molecular formula is C35H36N4O4. The average Bonchev–Trinajstić information content (AvgIpc) is 3.50. The molecule has 0 spiro atoms. The third-order valence-corrected chi connectivity index (χ3v) is 9.00. The van der Waals surface area contributed by atoms with Crippen LogP contribution in [0.4, 0.5) is 0 Å². The van der Waals surface area contributed by atoms with Crippen molar-refractivity contribution in [1.82, 2.24) is 19.9 Å². The van der Waals surface area contributed by atoms with Crippen molar-refractivity contribution in [1.29, 1.82) is 0 Å². The number of carboxylic acid groups (broad SMARTS) is 2. The van der Waals surface area contributed by atoms with Gasteiger partial charge in [0, 0.05) is 40.5 Å². The minimum Gasteiger partial charge on any atom is -0.481 e.